The Bertz CT molecular complexity index is 848. The number of aromatic nitrogens is 1. The maximum atomic E-state index is 6.28. The monoisotopic (exact) mass is 322 g/mol. The summed E-state index contributed by atoms with van der Waals surface area (Å²) >= 11 is 0. The summed E-state index contributed by atoms with van der Waals surface area (Å²) < 4.78 is 0. The summed E-state index contributed by atoms with van der Waals surface area (Å²) in [5.74, 6) is 0.691. The standard InChI is InChI=1S/C18H22N6/c1-12-7-10-21-15-11-13(5-6-14(12)15)24-17(20)22-16(19)23-18(24)8-3-2-4-9-18/h5-7,10-11H,2-4,8-9H2,1H3,(H4,19,20,22,23). The van der Waals surface area contributed by atoms with E-state index in [1.54, 1.807) is 0 Å². The number of pyridine rings is 1. The Morgan fingerprint density at radius 2 is 1.88 bits per heavy atom. The molecular formula is C18H22N6. The number of aliphatic imine (C=N–C) groups is 2. The predicted octanol–water partition coefficient (Wildman–Crippen LogP) is 2.65. The van der Waals surface area contributed by atoms with Gasteiger partial charge in [-0.05, 0) is 56.4 Å². The second-order valence-corrected chi connectivity index (χ2v) is 6.65. The minimum atomic E-state index is -0.411. The molecule has 0 amide bonds. The van der Waals surface area contributed by atoms with Gasteiger partial charge in [-0.25, -0.2) is 4.99 Å². The van der Waals surface area contributed by atoms with Crippen molar-refractivity contribution in [3.05, 3.63) is 36.0 Å². The maximum absolute atomic E-state index is 6.28. The van der Waals surface area contributed by atoms with Crippen LogP contribution in [0.25, 0.3) is 10.9 Å². The Balaban J connectivity index is 1.85. The molecule has 1 saturated carbocycles. The van der Waals surface area contributed by atoms with Gasteiger partial charge in [0.2, 0.25) is 11.9 Å². The second kappa shape index (κ2) is 5.47. The molecule has 0 unspecified atom stereocenters. The van der Waals surface area contributed by atoms with Crippen molar-refractivity contribution in [3.63, 3.8) is 0 Å². The lowest BCUT2D eigenvalue weighted by molar-refractivity contribution is 0.305. The van der Waals surface area contributed by atoms with Crippen molar-refractivity contribution in [1.29, 1.82) is 0 Å². The summed E-state index contributed by atoms with van der Waals surface area (Å²) in [5, 5.41) is 1.15. The zero-order chi connectivity index (χ0) is 16.7. The number of nitrogens with two attached hydrogens (primary N) is 2. The molecule has 0 atom stereocenters. The van der Waals surface area contributed by atoms with Gasteiger partial charge in [-0.3, -0.25) is 9.88 Å². The van der Waals surface area contributed by atoms with E-state index >= 15 is 0 Å². The van der Waals surface area contributed by atoms with E-state index in [4.69, 9.17) is 16.5 Å². The molecule has 0 bridgehead atoms. The van der Waals surface area contributed by atoms with Crippen LogP contribution in [0.3, 0.4) is 0 Å². The highest BCUT2D eigenvalue weighted by atomic mass is 15.4. The topological polar surface area (TPSA) is 92.9 Å². The summed E-state index contributed by atoms with van der Waals surface area (Å²) in [6.07, 6.45) is 7.16. The summed E-state index contributed by atoms with van der Waals surface area (Å²) in [6.45, 7) is 2.09. The highest BCUT2D eigenvalue weighted by molar-refractivity contribution is 6.06. The SMILES string of the molecule is Cc1ccnc2cc(N3C(N)=NC(N)=NC34CCCCC4)ccc12. The fraction of sp³-hybridized carbons (Fsp3) is 0.389. The zero-order valence-electron chi connectivity index (χ0n) is 13.9. The van der Waals surface area contributed by atoms with Crippen molar-refractivity contribution < 1.29 is 0 Å². The molecule has 6 nitrogen and oxygen atoms in total. The molecule has 0 radical (unpaired) electrons. The molecule has 2 aromatic rings. The van der Waals surface area contributed by atoms with E-state index in [0.717, 1.165) is 42.3 Å². The molecule has 2 aliphatic rings. The van der Waals surface area contributed by atoms with E-state index in [1.807, 2.05) is 17.2 Å². The van der Waals surface area contributed by atoms with Crippen LogP contribution in [0.5, 0.6) is 0 Å². The van der Waals surface area contributed by atoms with Crippen LogP contribution in [0.15, 0.2) is 40.4 Å². The van der Waals surface area contributed by atoms with Gasteiger partial charge in [-0.2, -0.15) is 4.99 Å². The maximum Gasteiger partial charge on any atom is 0.220 e. The molecule has 1 aromatic heterocycles. The third-order valence-electron chi connectivity index (χ3n) is 5.05. The summed E-state index contributed by atoms with van der Waals surface area (Å²) in [5.41, 5.74) is 14.9. The number of hydrogen-bond acceptors (Lipinski definition) is 6. The molecule has 0 saturated heterocycles. The Morgan fingerprint density at radius 3 is 2.67 bits per heavy atom. The largest absolute Gasteiger partial charge is 0.369 e. The lowest BCUT2D eigenvalue weighted by Crippen LogP contribution is -2.58. The van der Waals surface area contributed by atoms with E-state index < -0.39 is 5.66 Å². The number of benzene rings is 1. The van der Waals surface area contributed by atoms with Gasteiger partial charge >= 0.3 is 0 Å². The number of hydrogen-bond donors (Lipinski definition) is 2. The molecule has 24 heavy (non-hydrogen) atoms. The lowest BCUT2D eigenvalue weighted by atomic mass is 9.87. The molecule has 1 spiro atoms. The normalized spacial score (nSPS) is 20.1. The highest BCUT2D eigenvalue weighted by Gasteiger charge is 2.42. The van der Waals surface area contributed by atoms with Gasteiger partial charge in [-0.1, -0.05) is 12.5 Å². The van der Waals surface area contributed by atoms with Crippen LogP contribution in [0.4, 0.5) is 5.69 Å². The number of nitrogens with zero attached hydrogens (tertiary/aromatic N) is 4. The van der Waals surface area contributed by atoms with E-state index in [-0.39, 0.29) is 5.96 Å². The van der Waals surface area contributed by atoms with Crippen molar-refractivity contribution in [3.8, 4) is 0 Å². The number of anilines is 1. The van der Waals surface area contributed by atoms with E-state index in [2.05, 4.69) is 35.1 Å². The third kappa shape index (κ3) is 2.29. The minimum Gasteiger partial charge on any atom is -0.369 e. The Morgan fingerprint density at radius 1 is 1.08 bits per heavy atom. The molecule has 124 valence electrons. The Labute approximate surface area is 141 Å². The van der Waals surface area contributed by atoms with Crippen molar-refractivity contribution in [2.75, 3.05) is 4.90 Å². The van der Waals surface area contributed by atoms with Gasteiger partial charge in [0.05, 0.1) is 5.52 Å². The van der Waals surface area contributed by atoms with E-state index in [0.29, 0.717) is 5.96 Å². The third-order valence-corrected chi connectivity index (χ3v) is 5.05. The lowest BCUT2D eigenvalue weighted by Gasteiger charge is -2.45. The van der Waals surface area contributed by atoms with Crippen LogP contribution >= 0.6 is 0 Å². The van der Waals surface area contributed by atoms with Gasteiger partial charge in [0.1, 0.15) is 5.66 Å². The average molecular weight is 322 g/mol. The molecule has 1 aromatic carbocycles. The van der Waals surface area contributed by atoms with E-state index in [1.165, 1.54) is 12.0 Å². The fourth-order valence-electron chi connectivity index (χ4n) is 3.91. The molecule has 4 rings (SSSR count). The first-order valence-corrected chi connectivity index (χ1v) is 8.44. The number of guanidine groups is 2. The number of rotatable bonds is 1. The van der Waals surface area contributed by atoms with Crippen molar-refractivity contribution in [2.24, 2.45) is 21.5 Å². The molecule has 1 aliphatic heterocycles. The van der Waals surface area contributed by atoms with Crippen LogP contribution in [-0.2, 0) is 0 Å². The Kier molecular flexibility index (Phi) is 3.40. The van der Waals surface area contributed by atoms with Gasteiger partial charge < -0.3 is 11.5 Å². The van der Waals surface area contributed by atoms with Crippen LogP contribution in [0.1, 0.15) is 37.7 Å². The van der Waals surface area contributed by atoms with Crippen LogP contribution in [0.2, 0.25) is 0 Å². The summed E-state index contributed by atoms with van der Waals surface area (Å²) in [6, 6.07) is 8.26. The summed E-state index contributed by atoms with van der Waals surface area (Å²) in [7, 11) is 0. The minimum absolute atomic E-state index is 0.278. The van der Waals surface area contributed by atoms with Crippen molar-refractivity contribution in [1.82, 2.24) is 4.98 Å². The molecule has 1 fully saturated rings. The van der Waals surface area contributed by atoms with Gasteiger partial charge in [0, 0.05) is 17.3 Å². The van der Waals surface area contributed by atoms with Crippen LogP contribution in [-0.4, -0.2) is 22.6 Å². The predicted molar refractivity (Wildman–Crippen MR) is 98.0 cm³/mol. The highest BCUT2D eigenvalue weighted by Crippen LogP contribution is 2.40. The number of aryl methyl sites for hydroxylation is 1. The summed E-state index contributed by atoms with van der Waals surface area (Å²) in [4.78, 5) is 15.5. The van der Waals surface area contributed by atoms with Gasteiger partial charge in [0.15, 0.2) is 0 Å². The molecular weight excluding hydrogens is 300 g/mol. The first-order chi connectivity index (χ1) is 11.6. The van der Waals surface area contributed by atoms with Gasteiger partial charge in [0.25, 0.3) is 0 Å². The molecule has 2 heterocycles. The van der Waals surface area contributed by atoms with E-state index in [9.17, 15) is 0 Å². The van der Waals surface area contributed by atoms with Crippen molar-refractivity contribution in [2.45, 2.75) is 44.7 Å². The first-order valence-electron chi connectivity index (χ1n) is 8.44. The quantitative estimate of drug-likeness (QED) is 0.844. The first kappa shape index (κ1) is 14.9. The smallest absolute Gasteiger partial charge is 0.220 e. The molecule has 1 aliphatic carbocycles. The van der Waals surface area contributed by atoms with Gasteiger partial charge in [-0.15, -0.1) is 0 Å². The molecule has 4 N–H and O–H groups in total. The Hall–Kier alpha value is -2.63. The fourth-order valence-corrected chi connectivity index (χ4v) is 3.91. The van der Waals surface area contributed by atoms with Crippen molar-refractivity contribution >= 4 is 28.5 Å². The molecule has 6 heteroatoms. The zero-order valence-corrected chi connectivity index (χ0v) is 13.9. The average Bonchev–Trinajstić information content (AvgIpc) is 2.55. The second-order valence-electron chi connectivity index (χ2n) is 6.65. The number of fused-ring (bicyclic) bond motifs is 1. The van der Waals surface area contributed by atoms with Crippen LogP contribution in [0, 0.1) is 6.92 Å². The van der Waals surface area contributed by atoms with Crippen LogP contribution < -0.4 is 16.4 Å².